The molecule has 115 valence electrons. The summed E-state index contributed by atoms with van der Waals surface area (Å²) in [4.78, 5) is 0. The molecule has 0 unspecified atom stereocenters. The van der Waals surface area contributed by atoms with Crippen LogP contribution < -0.4 is 0 Å². The van der Waals surface area contributed by atoms with Crippen molar-refractivity contribution in [1.82, 2.24) is 0 Å². The Morgan fingerprint density at radius 3 is 0.833 bits per heavy atom. The van der Waals surface area contributed by atoms with Gasteiger partial charge in [0.25, 0.3) is 0 Å². The lowest BCUT2D eigenvalue weighted by molar-refractivity contribution is 0.378. The van der Waals surface area contributed by atoms with Gasteiger partial charge in [-0.1, -0.05) is 20.8 Å². The summed E-state index contributed by atoms with van der Waals surface area (Å²) in [6.45, 7) is 9.43. The molecule has 0 aromatic rings. The SMILES string of the molecule is CC[P](C)(CC)CC.O=S(=O)(O)O.O=S(=O)(O)O. The van der Waals surface area contributed by atoms with Gasteiger partial charge in [0.1, 0.15) is 0 Å². The normalized spacial score (nSPS) is 11.8. The van der Waals surface area contributed by atoms with E-state index in [4.69, 9.17) is 35.0 Å². The van der Waals surface area contributed by atoms with Crippen molar-refractivity contribution in [2.24, 2.45) is 0 Å². The van der Waals surface area contributed by atoms with Gasteiger partial charge in [-0.15, -0.1) is 7.26 Å². The van der Waals surface area contributed by atoms with E-state index in [-0.39, 0.29) is 0 Å². The second kappa shape index (κ2) is 10.0. The van der Waals surface area contributed by atoms with E-state index < -0.39 is 28.1 Å². The molecule has 0 heterocycles. The molecule has 0 aromatic carbocycles. The van der Waals surface area contributed by atoms with Crippen LogP contribution in [0.1, 0.15) is 20.8 Å². The molecule has 0 amide bonds. The summed E-state index contributed by atoms with van der Waals surface area (Å²) in [7, 11) is -9.75. The lowest BCUT2D eigenvalue weighted by atomic mass is 10.9. The van der Waals surface area contributed by atoms with Gasteiger partial charge in [-0.25, -0.2) is 0 Å². The van der Waals surface area contributed by atoms with Crippen LogP contribution in [-0.4, -0.2) is 60.2 Å². The Labute approximate surface area is 109 Å². The predicted octanol–water partition coefficient (Wildman–Crippen LogP) is 1.39. The van der Waals surface area contributed by atoms with Gasteiger partial charge < -0.3 is 0 Å². The summed E-state index contributed by atoms with van der Waals surface area (Å²) in [6.07, 6.45) is 4.29. The van der Waals surface area contributed by atoms with Crippen LogP contribution in [0.15, 0.2) is 0 Å². The van der Waals surface area contributed by atoms with E-state index in [2.05, 4.69) is 27.4 Å². The molecule has 0 saturated carbocycles. The standard InChI is InChI=1S/C7H18P.2H2O4S/c1-5-8(4,6-2)7-3;2*1-5(2,3)4/h5-7H2,1-4H3;2*(H2,1,2,3,4). The molecule has 11 heteroatoms. The molecule has 0 saturated heterocycles. The largest absolute Gasteiger partial charge is 0.394 e. The Hall–Kier alpha value is 0.170. The fourth-order valence-electron chi connectivity index (χ4n) is 0.671. The fourth-order valence-corrected chi connectivity index (χ4v) is 2.01. The molecule has 0 aliphatic rings. The van der Waals surface area contributed by atoms with Crippen molar-refractivity contribution < 1.29 is 35.0 Å². The minimum atomic E-state index is -4.67. The van der Waals surface area contributed by atoms with Crippen LogP contribution in [0.4, 0.5) is 0 Å². The third-order valence-corrected chi connectivity index (χ3v) is 6.87. The molecular formula is C7H22O8PS2. The molecule has 0 fully saturated rings. The first-order chi connectivity index (χ1) is 7.68. The zero-order chi connectivity index (χ0) is 15.6. The van der Waals surface area contributed by atoms with Gasteiger partial charge in [-0.3, -0.25) is 18.2 Å². The van der Waals surface area contributed by atoms with Crippen molar-refractivity contribution in [3.8, 4) is 0 Å². The first-order valence-electron chi connectivity index (χ1n) is 4.91. The number of hydrogen-bond donors (Lipinski definition) is 4. The minimum Gasteiger partial charge on any atom is -0.264 e. The van der Waals surface area contributed by atoms with Gasteiger partial charge >= 0.3 is 20.8 Å². The highest BCUT2D eigenvalue weighted by Gasteiger charge is 2.11. The maximum Gasteiger partial charge on any atom is 0.394 e. The third kappa shape index (κ3) is 44.3. The Balaban J connectivity index is -0.000000197. The Bertz CT molecular complexity index is 329. The van der Waals surface area contributed by atoms with Gasteiger partial charge in [0.05, 0.1) is 0 Å². The topological polar surface area (TPSA) is 149 Å². The highest BCUT2D eigenvalue weighted by molar-refractivity contribution is 7.80. The van der Waals surface area contributed by atoms with Gasteiger partial charge in [0.2, 0.25) is 0 Å². The van der Waals surface area contributed by atoms with Crippen molar-refractivity contribution in [1.29, 1.82) is 0 Å². The van der Waals surface area contributed by atoms with Gasteiger partial charge in [0.15, 0.2) is 0 Å². The molecule has 18 heavy (non-hydrogen) atoms. The summed E-state index contributed by atoms with van der Waals surface area (Å²) >= 11 is 0. The van der Waals surface area contributed by atoms with E-state index in [1.165, 1.54) is 18.5 Å². The smallest absolute Gasteiger partial charge is 0.264 e. The average molecular weight is 329 g/mol. The zero-order valence-electron chi connectivity index (χ0n) is 10.8. The van der Waals surface area contributed by atoms with Crippen LogP contribution >= 0.6 is 7.26 Å². The quantitative estimate of drug-likeness (QED) is 0.448. The van der Waals surface area contributed by atoms with Crippen molar-refractivity contribution in [3.05, 3.63) is 0 Å². The van der Waals surface area contributed by atoms with Gasteiger partial charge in [0, 0.05) is 0 Å². The lowest BCUT2D eigenvalue weighted by Crippen LogP contribution is -1.98. The molecule has 0 rings (SSSR count). The zero-order valence-corrected chi connectivity index (χ0v) is 13.3. The monoisotopic (exact) mass is 329 g/mol. The molecular weight excluding hydrogens is 307 g/mol. The van der Waals surface area contributed by atoms with Crippen LogP contribution in [0.2, 0.25) is 0 Å². The van der Waals surface area contributed by atoms with Crippen LogP contribution in [0.25, 0.3) is 0 Å². The van der Waals surface area contributed by atoms with E-state index in [0.29, 0.717) is 0 Å². The number of rotatable bonds is 3. The van der Waals surface area contributed by atoms with Crippen LogP contribution in [-0.2, 0) is 20.8 Å². The highest BCUT2D eigenvalue weighted by atomic mass is 32.3. The molecule has 0 spiro atoms. The second-order valence-electron chi connectivity index (χ2n) is 3.46. The molecule has 0 aromatic heterocycles. The first kappa shape index (κ1) is 23.3. The average Bonchev–Trinajstić information content (AvgIpc) is 2.11. The van der Waals surface area contributed by atoms with Crippen molar-refractivity contribution in [2.75, 3.05) is 25.2 Å². The summed E-state index contributed by atoms with van der Waals surface area (Å²) in [5.74, 6) is 0. The molecule has 8 nitrogen and oxygen atoms in total. The molecule has 0 aliphatic heterocycles. The van der Waals surface area contributed by atoms with Crippen molar-refractivity contribution in [2.45, 2.75) is 20.8 Å². The third-order valence-electron chi connectivity index (χ3n) is 2.29. The van der Waals surface area contributed by atoms with Gasteiger partial charge in [-0.05, 0) is 25.2 Å². The molecule has 0 aliphatic carbocycles. The summed E-state index contributed by atoms with van der Waals surface area (Å²) in [6, 6.07) is 0. The Morgan fingerprint density at radius 2 is 0.833 bits per heavy atom. The Kier molecular flexibility index (Phi) is 13.0. The second-order valence-corrected chi connectivity index (χ2v) is 10.4. The maximum absolute atomic E-state index is 8.74. The van der Waals surface area contributed by atoms with E-state index >= 15 is 0 Å². The fraction of sp³-hybridized carbons (Fsp3) is 1.00. The van der Waals surface area contributed by atoms with E-state index in [1.807, 2.05) is 0 Å². The molecule has 1 radical (unpaired) electrons. The molecule has 0 bridgehead atoms. The highest BCUT2D eigenvalue weighted by Crippen LogP contribution is 2.53. The summed E-state index contributed by atoms with van der Waals surface area (Å²) in [5, 5.41) is 0. The molecule has 0 atom stereocenters. The number of hydrogen-bond acceptors (Lipinski definition) is 4. The summed E-state index contributed by atoms with van der Waals surface area (Å²) in [5.41, 5.74) is 0. The van der Waals surface area contributed by atoms with Gasteiger partial charge in [-0.2, -0.15) is 16.8 Å². The maximum atomic E-state index is 8.74. The van der Waals surface area contributed by atoms with E-state index in [0.717, 1.165) is 0 Å². The lowest BCUT2D eigenvalue weighted by Gasteiger charge is -2.27. The van der Waals surface area contributed by atoms with E-state index in [9.17, 15) is 0 Å². The Morgan fingerprint density at radius 1 is 0.722 bits per heavy atom. The van der Waals surface area contributed by atoms with Crippen LogP contribution in [0, 0.1) is 0 Å². The molecule has 4 N–H and O–H groups in total. The summed E-state index contributed by atoms with van der Waals surface area (Å²) < 4.78 is 63.2. The van der Waals surface area contributed by atoms with Crippen molar-refractivity contribution in [3.63, 3.8) is 0 Å². The van der Waals surface area contributed by atoms with Crippen LogP contribution in [0.3, 0.4) is 0 Å². The minimum absolute atomic E-state index is 0.412. The van der Waals surface area contributed by atoms with Crippen LogP contribution in [0.5, 0.6) is 0 Å². The first-order valence-corrected chi connectivity index (χ1v) is 10.5. The van der Waals surface area contributed by atoms with E-state index in [1.54, 1.807) is 0 Å². The predicted molar refractivity (Wildman–Crippen MR) is 72.8 cm³/mol. The van der Waals surface area contributed by atoms with Crippen molar-refractivity contribution >= 4 is 28.1 Å².